The summed E-state index contributed by atoms with van der Waals surface area (Å²) in [5.74, 6) is -0.387. The third-order valence-corrected chi connectivity index (χ3v) is 4.12. The van der Waals surface area contributed by atoms with Crippen LogP contribution < -0.4 is 5.32 Å². The summed E-state index contributed by atoms with van der Waals surface area (Å²) in [5.41, 5.74) is 2.50. The number of hydrogen-bond donors (Lipinski definition) is 1. The molecule has 1 heterocycles. The van der Waals surface area contributed by atoms with Crippen molar-refractivity contribution < 1.29 is 14.0 Å². The highest BCUT2D eigenvalue weighted by atomic mass is 16.4. The smallest absolute Gasteiger partial charge is 0.233 e. The molecular formula is C21H12N2O3. The van der Waals surface area contributed by atoms with Gasteiger partial charge in [-0.05, 0) is 0 Å². The Balaban J connectivity index is 1.75. The number of Topliss-reactive ketones (excluding diaryl/α,β-unsaturated/α-hetero) is 1. The molecule has 0 saturated carbocycles. The van der Waals surface area contributed by atoms with E-state index in [1.165, 1.54) is 6.08 Å². The van der Waals surface area contributed by atoms with Crippen molar-refractivity contribution in [2.45, 2.75) is 0 Å². The number of nitrogens with one attached hydrogen (secondary N) is 1. The van der Waals surface area contributed by atoms with E-state index in [9.17, 15) is 14.9 Å². The number of nitriles is 1. The molecule has 0 atom stereocenters. The van der Waals surface area contributed by atoms with Gasteiger partial charge in [-0.2, -0.15) is 5.26 Å². The van der Waals surface area contributed by atoms with Crippen LogP contribution in [0, 0.1) is 11.3 Å². The predicted molar refractivity (Wildman–Crippen MR) is 96.2 cm³/mol. The molecule has 5 nitrogen and oxygen atoms in total. The second-order valence-corrected chi connectivity index (χ2v) is 5.75. The van der Waals surface area contributed by atoms with Gasteiger partial charge in [0.25, 0.3) is 0 Å². The van der Waals surface area contributed by atoms with Crippen molar-refractivity contribution in [2.24, 2.45) is 0 Å². The SMILES string of the molecule is N#Cc1cc(-c2ccccc2)oc1NC1=CC(=O)C(=O)c2ccccc21. The van der Waals surface area contributed by atoms with Crippen molar-refractivity contribution in [1.29, 1.82) is 5.26 Å². The van der Waals surface area contributed by atoms with Crippen molar-refractivity contribution in [2.75, 3.05) is 5.32 Å². The second-order valence-electron chi connectivity index (χ2n) is 5.75. The fourth-order valence-corrected chi connectivity index (χ4v) is 2.86. The van der Waals surface area contributed by atoms with Crippen molar-refractivity contribution >= 4 is 23.1 Å². The van der Waals surface area contributed by atoms with E-state index >= 15 is 0 Å². The summed E-state index contributed by atoms with van der Waals surface area (Å²) >= 11 is 0. The van der Waals surface area contributed by atoms with Gasteiger partial charge in [0.05, 0.1) is 5.70 Å². The van der Waals surface area contributed by atoms with Crippen LogP contribution in [-0.4, -0.2) is 11.6 Å². The van der Waals surface area contributed by atoms with Crippen molar-refractivity contribution in [3.8, 4) is 17.4 Å². The monoisotopic (exact) mass is 340 g/mol. The molecule has 1 aromatic heterocycles. The fraction of sp³-hybridized carbons (Fsp3) is 0. The largest absolute Gasteiger partial charge is 0.439 e. The normalized spacial score (nSPS) is 13.0. The number of carbonyl (C=O) groups excluding carboxylic acids is 2. The zero-order valence-electron chi connectivity index (χ0n) is 13.5. The van der Waals surface area contributed by atoms with Gasteiger partial charge in [-0.15, -0.1) is 0 Å². The maximum atomic E-state index is 12.0. The molecule has 3 aromatic rings. The third-order valence-electron chi connectivity index (χ3n) is 4.12. The molecule has 2 aromatic carbocycles. The van der Waals surface area contributed by atoms with Gasteiger partial charge >= 0.3 is 0 Å². The molecule has 0 fully saturated rings. The lowest BCUT2D eigenvalue weighted by Gasteiger charge is -2.16. The fourth-order valence-electron chi connectivity index (χ4n) is 2.86. The number of nitrogens with zero attached hydrogens (tertiary/aromatic N) is 1. The number of furan rings is 1. The quantitative estimate of drug-likeness (QED) is 0.728. The zero-order chi connectivity index (χ0) is 18.1. The Labute approximate surface area is 149 Å². The Morgan fingerprint density at radius 3 is 2.35 bits per heavy atom. The Morgan fingerprint density at radius 1 is 0.923 bits per heavy atom. The van der Waals surface area contributed by atoms with Crippen molar-refractivity contribution in [3.05, 3.63) is 83.4 Å². The van der Waals surface area contributed by atoms with Crippen LogP contribution in [0.15, 0.2) is 71.2 Å². The Kier molecular flexibility index (Phi) is 3.71. The summed E-state index contributed by atoms with van der Waals surface area (Å²) in [5, 5.41) is 12.4. The second kappa shape index (κ2) is 6.19. The van der Waals surface area contributed by atoms with E-state index in [0.29, 0.717) is 28.1 Å². The molecule has 0 radical (unpaired) electrons. The number of anilines is 1. The van der Waals surface area contributed by atoms with Gasteiger partial charge in [0, 0.05) is 28.8 Å². The average molecular weight is 340 g/mol. The summed E-state index contributed by atoms with van der Waals surface area (Å²) in [6.07, 6.45) is 1.23. The number of fused-ring (bicyclic) bond motifs is 1. The van der Waals surface area contributed by atoms with E-state index in [1.807, 2.05) is 30.3 Å². The first-order valence-corrected chi connectivity index (χ1v) is 7.93. The van der Waals surface area contributed by atoms with Crippen LogP contribution in [0.2, 0.25) is 0 Å². The van der Waals surface area contributed by atoms with Crippen molar-refractivity contribution in [1.82, 2.24) is 0 Å². The number of allylic oxidation sites excluding steroid dienone is 1. The summed E-state index contributed by atoms with van der Waals surface area (Å²) in [6, 6.07) is 19.9. The van der Waals surface area contributed by atoms with Crippen LogP contribution >= 0.6 is 0 Å². The molecule has 0 aliphatic heterocycles. The van der Waals surface area contributed by atoms with Crippen LogP contribution in [0.25, 0.3) is 17.0 Å². The molecule has 0 bridgehead atoms. The molecule has 0 saturated heterocycles. The number of carbonyl (C=O) groups is 2. The lowest BCUT2D eigenvalue weighted by atomic mass is 9.93. The van der Waals surface area contributed by atoms with Crippen LogP contribution in [-0.2, 0) is 4.79 Å². The van der Waals surface area contributed by atoms with E-state index in [4.69, 9.17) is 4.42 Å². The van der Waals surface area contributed by atoms with Crippen LogP contribution in [0.3, 0.4) is 0 Å². The molecule has 124 valence electrons. The van der Waals surface area contributed by atoms with E-state index in [-0.39, 0.29) is 5.88 Å². The first kappa shape index (κ1) is 15.6. The molecule has 5 heteroatoms. The summed E-state index contributed by atoms with van der Waals surface area (Å²) < 4.78 is 5.80. The number of benzene rings is 2. The number of rotatable bonds is 3. The maximum Gasteiger partial charge on any atom is 0.233 e. The van der Waals surface area contributed by atoms with E-state index in [0.717, 1.165) is 5.56 Å². The molecule has 0 unspecified atom stereocenters. The molecule has 26 heavy (non-hydrogen) atoms. The molecule has 0 spiro atoms. The molecular weight excluding hydrogens is 328 g/mol. The minimum atomic E-state index is -0.612. The summed E-state index contributed by atoms with van der Waals surface area (Å²) in [6.45, 7) is 0. The lowest BCUT2D eigenvalue weighted by Crippen LogP contribution is -2.20. The molecule has 1 N–H and O–H groups in total. The average Bonchev–Trinajstić information content (AvgIpc) is 3.09. The predicted octanol–water partition coefficient (Wildman–Crippen LogP) is 4.04. The van der Waals surface area contributed by atoms with E-state index in [2.05, 4.69) is 11.4 Å². The standard InChI is InChI=1S/C21H12N2O3/c22-12-14-10-19(13-6-2-1-3-7-13)26-21(14)23-17-11-18(24)20(25)16-9-5-4-8-15(16)17/h1-11,23H. The van der Waals surface area contributed by atoms with Crippen molar-refractivity contribution in [3.63, 3.8) is 0 Å². The topological polar surface area (TPSA) is 83.1 Å². The first-order valence-electron chi connectivity index (χ1n) is 7.93. The molecule has 1 aliphatic carbocycles. The summed E-state index contributed by atoms with van der Waals surface area (Å²) in [4.78, 5) is 24.0. The highest BCUT2D eigenvalue weighted by molar-refractivity contribution is 6.50. The Hall–Kier alpha value is -3.91. The van der Waals surface area contributed by atoms with Gasteiger partial charge in [-0.3, -0.25) is 9.59 Å². The van der Waals surface area contributed by atoms with Gasteiger partial charge in [-0.25, -0.2) is 0 Å². The number of hydrogen-bond acceptors (Lipinski definition) is 5. The van der Waals surface area contributed by atoms with Gasteiger partial charge < -0.3 is 9.73 Å². The molecule has 1 aliphatic rings. The highest BCUT2D eigenvalue weighted by Gasteiger charge is 2.26. The van der Waals surface area contributed by atoms with Crippen LogP contribution in [0.1, 0.15) is 21.5 Å². The summed E-state index contributed by atoms with van der Waals surface area (Å²) in [7, 11) is 0. The Morgan fingerprint density at radius 2 is 1.62 bits per heavy atom. The Bertz CT molecular complexity index is 1100. The van der Waals surface area contributed by atoms with Gasteiger partial charge in [0.15, 0.2) is 0 Å². The molecule has 0 amide bonds. The molecule has 4 rings (SSSR count). The van der Waals surface area contributed by atoms with Gasteiger partial charge in [-0.1, -0.05) is 54.6 Å². The first-order chi connectivity index (χ1) is 12.7. The van der Waals surface area contributed by atoms with Gasteiger partial charge in [0.1, 0.15) is 17.4 Å². The minimum absolute atomic E-state index is 0.231. The van der Waals surface area contributed by atoms with Gasteiger partial charge in [0.2, 0.25) is 17.5 Å². The van der Waals surface area contributed by atoms with Crippen LogP contribution in [0.5, 0.6) is 0 Å². The lowest BCUT2D eigenvalue weighted by molar-refractivity contribution is -0.111. The minimum Gasteiger partial charge on any atom is -0.439 e. The zero-order valence-corrected chi connectivity index (χ0v) is 13.5. The van der Waals surface area contributed by atoms with E-state index in [1.54, 1.807) is 30.3 Å². The van der Waals surface area contributed by atoms with E-state index < -0.39 is 11.6 Å². The number of ketones is 2. The third kappa shape index (κ3) is 2.60. The van der Waals surface area contributed by atoms with Crippen LogP contribution in [0.4, 0.5) is 5.88 Å². The maximum absolute atomic E-state index is 12.0. The highest BCUT2D eigenvalue weighted by Crippen LogP contribution is 2.32.